The Balaban J connectivity index is 4.90. The van der Waals surface area contributed by atoms with Crippen molar-refractivity contribution in [1.82, 2.24) is 0 Å². The van der Waals surface area contributed by atoms with Crippen molar-refractivity contribution in [3.8, 4) is 0 Å². The Labute approximate surface area is 103 Å². The fourth-order valence-electron chi connectivity index (χ4n) is 0.535. The molecule has 0 rings (SSSR count). The molecule has 0 radical (unpaired) electrons. The highest BCUT2D eigenvalue weighted by Crippen LogP contribution is 2.39. The highest BCUT2D eigenvalue weighted by Gasteiger charge is 2.64. The number of alkyl halides is 10. The topological polar surface area (TPSA) is 35.5 Å². The van der Waals surface area contributed by atoms with Crippen molar-refractivity contribution in [3.63, 3.8) is 0 Å². The number of carbonyl (C=O) groups excluding carboxylic acids is 1. The molecule has 0 fully saturated rings. The van der Waals surface area contributed by atoms with Gasteiger partial charge in [0.15, 0.2) is 13.3 Å². The number of rotatable bonds is 6. The molecule has 0 spiro atoms. The molecule has 0 aliphatic carbocycles. The Morgan fingerprint density at radius 1 is 0.700 bits per heavy atom. The average Bonchev–Trinajstić information content (AvgIpc) is 2.26. The number of halogens is 10. The minimum absolute atomic E-state index is 2.35. The van der Waals surface area contributed by atoms with Crippen molar-refractivity contribution < 1.29 is 58.2 Å². The summed E-state index contributed by atoms with van der Waals surface area (Å²) in [6.45, 7) is -6.10. The molecular formula is C7H4F10O3. The first-order valence-corrected chi connectivity index (χ1v) is 4.27. The predicted octanol–water partition coefficient (Wildman–Crippen LogP) is 3.53. The molecule has 0 atom stereocenters. The van der Waals surface area contributed by atoms with Gasteiger partial charge in [0.2, 0.25) is 0 Å². The summed E-state index contributed by atoms with van der Waals surface area (Å²) < 4.78 is 126. The Morgan fingerprint density at radius 2 is 0.950 bits per heavy atom. The maximum absolute atomic E-state index is 12.4. The van der Waals surface area contributed by atoms with E-state index in [1.165, 1.54) is 0 Å². The normalized spacial score (nSPS) is 14.1. The Bertz CT molecular complexity index is 323. The molecular weight excluding hydrogens is 322 g/mol. The lowest BCUT2D eigenvalue weighted by atomic mass is 10.3. The van der Waals surface area contributed by atoms with Crippen LogP contribution in [0.1, 0.15) is 0 Å². The van der Waals surface area contributed by atoms with Crippen molar-refractivity contribution >= 4 is 6.16 Å². The van der Waals surface area contributed by atoms with Crippen molar-refractivity contribution in [2.75, 3.05) is 13.3 Å². The zero-order chi connectivity index (χ0) is 16.4. The maximum Gasteiger partial charge on any atom is 0.518 e. The van der Waals surface area contributed by atoms with Gasteiger partial charge in [0.25, 0.3) is 0 Å². The number of hydrogen-bond donors (Lipinski definition) is 0. The summed E-state index contributed by atoms with van der Waals surface area (Å²) in [5.41, 5.74) is 0. The van der Waals surface area contributed by atoms with Crippen LogP contribution in [0.4, 0.5) is 48.7 Å². The van der Waals surface area contributed by atoms with E-state index in [1.54, 1.807) is 0 Å². The third kappa shape index (κ3) is 3.79. The zero-order valence-corrected chi connectivity index (χ0v) is 8.92. The maximum atomic E-state index is 12.4. The molecule has 0 aromatic heterocycles. The average molecular weight is 326 g/mol. The summed E-state index contributed by atoms with van der Waals surface area (Å²) in [6.07, 6.45) is -15.3. The standard InChI is InChI=1S/C7H4F10O3/c8-1-4(10,11)6(14,15)19-3(18)20-7(16,17)5(12,13)2-9/h1-2H2. The second-order valence-electron chi connectivity index (χ2n) is 3.16. The Morgan fingerprint density at radius 3 is 1.15 bits per heavy atom. The van der Waals surface area contributed by atoms with Crippen molar-refractivity contribution in [3.05, 3.63) is 0 Å². The second-order valence-corrected chi connectivity index (χ2v) is 3.16. The van der Waals surface area contributed by atoms with Crippen molar-refractivity contribution in [1.29, 1.82) is 0 Å². The lowest BCUT2D eigenvalue weighted by molar-refractivity contribution is -0.361. The van der Waals surface area contributed by atoms with Gasteiger partial charge in [-0.15, -0.1) is 0 Å². The van der Waals surface area contributed by atoms with E-state index in [4.69, 9.17) is 0 Å². The Hall–Kier alpha value is -1.43. The summed E-state index contributed by atoms with van der Waals surface area (Å²) in [5, 5.41) is 0. The summed E-state index contributed by atoms with van der Waals surface area (Å²) >= 11 is 0. The van der Waals surface area contributed by atoms with E-state index < -0.39 is 43.6 Å². The fraction of sp³-hybridized carbons (Fsp3) is 0.857. The summed E-state index contributed by atoms with van der Waals surface area (Å²) in [4.78, 5) is 10.3. The van der Waals surface area contributed by atoms with Gasteiger partial charge in [0.1, 0.15) is 0 Å². The molecule has 0 aliphatic rings. The van der Waals surface area contributed by atoms with Crippen LogP contribution in [0.2, 0.25) is 0 Å². The number of hydrogen-bond acceptors (Lipinski definition) is 3. The highest BCUT2D eigenvalue weighted by atomic mass is 19.3. The van der Waals surface area contributed by atoms with Gasteiger partial charge >= 0.3 is 30.2 Å². The van der Waals surface area contributed by atoms with Gasteiger partial charge in [-0.1, -0.05) is 0 Å². The molecule has 20 heavy (non-hydrogen) atoms. The summed E-state index contributed by atoms with van der Waals surface area (Å²) in [5.74, 6) is -11.2. The van der Waals surface area contributed by atoms with Gasteiger partial charge < -0.3 is 9.47 Å². The second kappa shape index (κ2) is 5.52. The van der Waals surface area contributed by atoms with Crippen LogP contribution in [-0.4, -0.2) is 43.6 Å². The summed E-state index contributed by atoms with van der Waals surface area (Å²) in [6, 6.07) is 0. The molecule has 0 amide bonds. The van der Waals surface area contributed by atoms with Crippen molar-refractivity contribution in [2.24, 2.45) is 0 Å². The SMILES string of the molecule is O=C(OC(F)(F)C(F)(F)CF)OC(F)(F)C(F)(F)CF. The molecule has 0 unspecified atom stereocenters. The molecule has 0 heterocycles. The van der Waals surface area contributed by atoms with Crippen LogP contribution in [0, 0.1) is 0 Å². The lowest BCUT2D eigenvalue weighted by Crippen LogP contribution is -2.49. The molecule has 13 heteroatoms. The van der Waals surface area contributed by atoms with Gasteiger partial charge in [-0.2, -0.15) is 35.1 Å². The molecule has 0 aromatic carbocycles. The highest BCUT2D eigenvalue weighted by molar-refractivity contribution is 5.60. The summed E-state index contributed by atoms with van der Waals surface area (Å²) in [7, 11) is 0. The van der Waals surface area contributed by atoms with E-state index in [1.807, 2.05) is 0 Å². The molecule has 120 valence electrons. The first kappa shape index (κ1) is 18.6. The fourth-order valence-corrected chi connectivity index (χ4v) is 0.535. The molecule has 0 aliphatic heterocycles. The van der Waals surface area contributed by atoms with Gasteiger partial charge in [0, 0.05) is 0 Å². The third-order valence-electron chi connectivity index (χ3n) is 1.61. The first-order valence-electron chi connectivity index (χ1n) is 4.27. The van der Waals surface area contributed by atoms with Gasteiger partial charge in [-0.25, -0.2) is 13.6 Å². The van der Waals surface area contributed by atoms with Crippen LogP contribution in [0.15, 0.2) is 0 Å². The van der Waals surface area contributed by atoms with E-state index in [2.05, 4.69) is 9.47 Å². The van der Waals surface area contributed by atoms with Gasteiger partial charge in [-0.05, 0) is 0 Å². The molecule has 0 N–H and O–H groups in total. The van der Waals surface area contributed by atoms with Crippen LogP contribution in [0.3, 0.4) is 0 Å². The van der Waals surface area contributed by atoms with E-state index in [9.17, 15) is 48.7 Å². The predicted molar refractivity (Wildman–Crippen MR) is 39.3 cm³/mol. The largest absolute Gasteiger partial charge is 0.518 e. The number of carbonyl (C=O) groups is 1. The van der Waals surface area contributed by atoms with E-state index in [0.717, 1.165) is 0 Å². The molecule has 0 saturated heterocycles. The van der Waals surface area contributed by atoms with Crippen LogP contribution in [0.25, 0.3) is 0 Å². The van der Waals surface area contributed by atoms with Crippen LogP contribution in [-0.2, 0) is 9.47 Å². The van der Waals surface area contributed by atoms with Crippen molar-refractivity contribution in [2.45, 2.75) is 24.1 Å². The van der Waals surface area contributed by atoms with E-state index in [0.29, 0.717) is 0 Å². The van der Waals surface area contributed by atoms with Crippen LogP contribution < -0.4 is 0 Å². The van der Waals surface area contributed by atoms with E-state index in [-0.39, 0.29) is 0 Å². The monoisotopic (exact) mass is 326 g/mol. The third-order valence-corrected chi connectivity index (χ3v) is 1.61. The van der Waals surface area contributed by atoms with Gasteiger partial charge in [0.05, 0.1) is 0 Å². The number of ether oxygens (including phenoxy) is 2. The van der Waals surface area contributed by atoms with Crippen LogP contribution in [0.5, 0.6) is 0 Å². The first-order chi connectivity index (χ1) is 8.72. The molecule has 0 saturated carbocycles. The van der Waals surface area contributed by atoms with Crippen LogP contribution >= 0.6 is 0 Å². The molecule has 0 aromatic rings. The lowest BCUT2D eigenvalue weighted by Gasteiger charge is -2.26. The minimum atomic E-state index is -5.94. The zero-order valence-electron chi connectivity index (χ0n) is 8.92. The minimum Gasteiger partial charge on any atom is -0.363 e. The van der Waals surface area contributed by atoms with E-state index >= 15 is 0 Å². The molecule has 3 nitrogen and oxygen atoms in total. The quantitative estimate of drug-likeness (QED) is 0.553. The smallest absolute Gasteiger partial charge is 0.363 e. The Kier molecular flexibility index (Phi) is 5.12. The molecule has 0 bridgehead atoms. The van der Waals surface area contributed by atoms with Gasteiger partial charge in [-0.3, -0.25) is 0 Å².